The van der Waals surface area contributed by atoms with Crippen LogP contribution in [0.4, 0.5) is 0 Å². The van der Waals surface area contributed by atoms with Crippen LogP contribution in [0.5, 0.6) is 5.75 Å². The van der Waals surface area contributed by atoms with E-state index in [1.54, 1.807) is 24.3 Å². The van der Waals surface area contributed by atoms with Crippen LogP contribution in [0.25, 0.3) is 0 Å². The average molecular weight is 339 g/mol. The number of benzene rings is 2. The lowest BCUT2D eigenvalue weighted by Gasteiger charge is -2.28. The Hall–Kier alpha value is -2.64. The molecule has 25 heavy (non-hydrogen) atoms. The summed E-state index contributed by atoms with van der Waals surface area (Å²) in [5.74, 6) is -1.63. The van der Waals surface area contributed by atoms with Crippen molar-refractivity contribution >= 4 is 18.9 Å². The van der Waals surface area contributed by atoms with Crippen LogP contribution in [0, 0.1) is 0 Å². The van der Waals surface area contributed by atoms with E-state index in [4.69, 9.17) is 10.4 Å². The van der Waals surface area contributed by atoms with Gasteiger partial charge in [0.1, 0.15) is 5.75 Å². The van der Waals surface area contributed by atoms with Gasteiger partial charge in [0.2, 0.25) is 0 Å². The summed E-state index contributed by atoms with van der Waals surface area (Å²) in [5, 5.41) is 19.4. The molecule has 0 amide bonds. The van der Waals surface area contributed by atoms with Crippen LogP contribution in [0.15, 0.2) is 48.5 Å². The summed E-state index contributed by atoms with van der Waals surface area (Å²) in [6.07, 6.45) is 0.402. The Morgan fingerprint density at radius 1 is 1.20 bits per heavy atom. The van der Waals surface area contributed by atoms with E-state index in [9.17, 15) is 19.7 Å². The van der Waals surface area contributed by atoms with Crippen molar-refractivity contribution in [2.75, 3.05) is 0 Å². The van der Waals surface area contributed by atoms with E-state index >= 15 is 0 Å². The molecule has 0 spiro atoms. The summed E-state index contributed by atoms with van der Waals surface area (Å²) < 4.78 is 5.40. The van der Waals surface area contributed by atoms with Gasteiger partial charge in [-0.2, -0.15) is 0 Å². The number of carboxylic acid groups (broad SMARTS) is 1. The number of carbonyl (C=O) groups excluding carboxylic acids is 1. The van der Waals surface area contributed by atoms with E-state index in [1.807, 2.05) is 18.2 Å². The fourth-order valence-corrected chi connectivity index (χ4v) is 3.06. The highest BCUT2D eigenvalue weighted by atomic mass is 16.5. The van der Waals surface area contributed by atoms with Gasteiger partial charge in [-0.05, 0) is 23.6 Å². The first-order valence-corrected chi connectivity index (χ1v) is 8.00. The van der Waals surface area contributed by atoms with Gasteiger partial charge in [0.15, 0.2) is 5.78 Å². The van der Waals surface area contributed by atoms with Crippen LogP contribution in [-0.4, -0.2) is 29.0 Å². The number of nitrogens with two attached hydrogens (primary N) is 1. The van der Waals surface area contributed by atoms with E-state index < -0.39 is 24.9 Å². The maximum absolute atomic E-state index is 12.5. The number of ketones is 1. The minimum atomic E-state index is -1.25. The second kappa shape index (κ2) is 7.08. The Bertz CT molecular complexity index is 795. The summed E-state index contributed by atoms with van der Waals surface area (Å²) in [5.41, 5.74) is 7.39. The molecule has 128 valence electrons. The van der Waals surface area contributed by atoms with Gasteiger partial charge in [0.05, 0.1) is 11.6 Å². The number of carboxylic acids is 1. The molecule has 1 aliphatic rings. The summed E-state index contributed by atoms with van der Waals surface area (Å²) in [4.78, 5) is 23.7. The summed E-state index contributed by atoms with van der Waals surface area (Å²) in [6.45, 7) is 0. The molecule has 0 radical (unpaired) electrons. The second-order valence-electron chi connectivity index (χ2n) is 6.13. The molecule has 1 aliphatic heterocycles. The monoisotopic (exact) mass is 339 g/mol. The smallest absolute Gasteiger partial charge is 0.526 e. The number of rotatable bonds is 5. The van der Waals surface area contributed by atoms with Gasteiger partial charge in [-0.3, -0.25) is 4.79 Å². The molecule has 2 atom stereocenters. The van der Waals surface area contributed by atoms with Crippen LogP contribution >= 0.6 is 0 Å². The quantitative estimate of drug-likeness (QED) is 0.717. The molecule has 0 unspecified atom stereocenters. The van der Waals surface area contributed by atoms with Crippen molar-refractivity contribution in [1.82, 2.24) is 0 Å². The number of hydrogen-bond donors (Lipinski definition) is 3. The lowest BCUT2D eigenvalue weighted by atomic mass is 9.64. The molecule has 6 nitrogen and oxygen atoms in total. The molecular weight excluding hydrogens is 321 g/mol. The first-order valence-electron chi connectivity index (χ1n) is 8.00. The molecule has 2 aromatic rings. The molecule has 4 N–H and O–H groups in total. The van der Waals surface area contributed by atoms with Gasteiger partial charge in [-0.1, -0.05) is 42.5 Å². The molecule has 0 aromatic heterocycles. The number of para-hydroxylation sites is 1. The summed E-state index contributed by atoms with van der Waals surface area (Å²) in [7, 11) is -1.25. The average Bonchev–Trinajstić information content (AvgIpc) is 2.61. The molecule has 0 aliphatic carbocycles. The molecule has 2 aromatic carbocycles. The van der Waals surface area contributed by atoms with Crippen LogP contribution in [0.1, 0.15) is 33.9 Å². The first-order chi connectivity index (χ1) is 12.0. The molecular formula is C18H18BNO5. The number of aromatic carboxylic acids is 1. The highest BCUT2D eigenvalue weighted by Crippen LogP contribution is 2.36. The van der Waals surface area contributed by atoms with Gasteiger partial charge in [0.25, 0.3) is 0 Å². The van der Waals surface area contributed by atoms with Crippen molar-refractivity contribution in [2.45, 2.75) is 24.7 Å². The zero-order chi connectivity index (χ0) is 18.0. The number of carbonyl (C=O) groups is 2. The molecule has 7 heteroatoms. The van der Waals surface area contributed by atoms with Crippen LogP contribution in [0.3, 0.4) is 0 Å². The number of hydrogen-bond acceptors (Lipinski definition) is 5. The standard InChI is InChI=1S/C18H18BNO5/c20-16(11-5-2-1-3-6-11)15(21)10-13-9-12-7-4-8-14(18(22)23)17(12)25-19(13)24/h1-8,13,16,24H,9-10,20H2,(H,22,23)/t13-,16+/m1/s1. The fourth-order valence-electron chi connectivity index (χ4n) is 3.06. The van der Waals surface area contributed by atoms with Crippen molar-refractivity contribution in [1.29, 1.82) is 0 Å². The molecule has 0 fully saturated rings. The van der Waals surface area contributed by atoms with Crippen LogP contribution < -0.4 is 10.4 Å². The van der Waals surface area contributed by atoms with E-state index in [1.165, 1.54) is 6.07 Å². The van der Waals surface area contributed by atoms with Gasteiger partial charge in [-0.15, -0.1) is 0 Å². The van der Waals surface area contributed by atoms with Crippen LogP contribution in [0.2, 0.25) is 5.82 Å². The zero-order valence-corrected chi connectivity index (χ0v) is 13.5. The van der Waals surface area contributed by atoms with E-state index in [0.717, 1.165) is 0 Å². The third-order valence-corrected chi connectivity index (χ3v) is 4.42. The van der Waals surface area contributed by atoms with Gasteiger partial charge >= 0.3 is 13.1 Å². The Kier molecular flexibility index (Phi) is 4.87. The lowest BCUT2D eigenvalue weighted by Crippen LogP contribution is -2.37. The van der Waals surface area contributed by atoms with E-state index in [2.05, 4.69) is 0 Å². The topological polar surface area (TPSA) is 110 Å². The molecule has 1 heterocycles. The maximum atomic E-state index is 12.5. The Morgan fingerprint density at radius 2 is 1.92 bits per heavy atom. The van der Waals surface area contributed by atoms with Crippen molar-refractivity contribution in [3.8, 4) is 5.75 Å². The Labute approximate surface area is 145 Å². The van der Waals surface area contributed by atoms with Crippen molar-refractivity contribution in [3.05, 3.63) is 65.2 Å². The predicted octanol–water partition coefficient (Wildman–Crippen LogP) is 1.83. The van der Waals surface area contributed by atoms with Crippen molar-refractivity contribution in [2.24, 2.45) is 5.73 Å². The van der Waals surface area contributed by atoms with Gasteiger partial charge < -0.3 is 20.5 Å². The molecule has 0 saturated heterocycles. The summed E-state index contributed by atoms with van der Waals surface area (Å²) >= 11 is 0. The maximum Gasteiger partial charge on any atom is 0.526 e. The second-order valence-corrected chi connectivity index (χ2v) is 6.13. The zero-order valence-electron chi connectivity index (χ0n) is 13.5. The normalized spacial score (nSPS) is 17.4. The predicted molar refractivity (Wildman–Crippen MR) is 92.5 cm³/mol. The van der Waals surface area contributed by atoms with E-state index in [0.29, 0.717) is 17.5 Å². The highest BCUT2D eigenvalue weighted by molar-refractivity contribution is 6.47. The third-order valence-electron chi connectivity index (χ3n) is 4.42. The van der Waals surface area contributed by atoms with Crippen LogP contribution in [-0.2, 0) is 11.2 Å². The summed E-state index contributed by atoms with van der Waals surface area (Å²) in [6, 6.07) is 13.0. The van der Waals surface area contributed by atoms with E-state index in [-0.39, 0.29) is 23.5 Å². The number of Topliss-reactive ketones (excluding diaryl/α,β-unsaturated/α-hetero) is 1. The fraction of sp³-hybridized carbons (Fsp3) is 0.222. The molecule has 0 saturated carbocycles. The SMILES string of the molecule is N[C@H](C(=O)C[C@H]1Cc2cccc(C(=O)O)c2OB1O)c1ccccc1. The first kappa shape index (κ1) is 17.2. The minimum Gasteiger partial charge on any atom is -0.535 e. The third kappa shape index (κ3) is 3.57. The molecule has 3 rings (SSSR count). The van der Waals surface area contributed by atoms with Crippen molar-refractivity contribution in [3.63, 3.8) is 0 Å². The molecule has 0 bridgehead atoms. The minimum absolute atomic E-state index is 0.00214. The largest absolute Gasteiger partial charge is 0.535 e. The number of fused-ring (bicyclic) bond motifs is 1. The van der Waals surface area contributed by atoms with Crippen molar-refractivity contribution < 1.29 is 24.4 Å². The Balaban J connectivity index is 1.75. The lowest BCUT2D eigenvalue weighted by molar-refractivity contribution is -0.120. The highest BCUT2D eigenvalue weighted by Gasteiger charge is 2.38. The van der Waals surface area contributed by atoms with Gasteiger partial charge in [0, 0.05) is 12.2 Å². The van der Waals surface area contributed by atoms with Gasteiger partial charge in [-0.25, -0.2) is 4.79 Å². The Morgan fingerprint density at radius 3 is 2.60 bits per heavy atom.